The number of rotatable bonds is 4. The van der Waals surface area contributed by atoms with Crippen molar-refractivity contribution in [3.63, 3.8) is 0 Å². The van der Waals surface area contributed by atoms with Gasteiger partial charge in [0.25, 0.3) is 0 Å². The van der Waals surface area contributed by atoms with Crippen LogP contribution in [0.3, 0.4) is 0 Å². The Labute approximate surface area is 177 Å². The Morgan fingerprint density at radius 2 is 1.94 bits per heavy atom. The SMILES string of the molecule is COC(=O)C1=C(C)N(Cc2cccc(C#N)c2)C(=O)CC1c1cccc(C(F)(F)F)c1. The second-order valence-corrected chi connectivity index (χ2v) is 7.16. The van der Waals surface area contributed by atoms with Crippen molar-refractivity contribution in [2.24, 2.45) is 0 Å². The number of ether oxygens (including phenoxy) is 1. The van der Waals surface area contributed by atoms with Gasteiger partial charge in [-0.25, -0.2) is 4.79 Å². The summed E-state index contributed by atoms with van der Waals surface area (Å²) in [5, 5.41) is 9.08. The summed E-state index contributed by atoms with van der Waals surface area (Å²) in [6, 6.07) is 13.4. The molecule has 1 aliphatic rings. The number of benzene rings is 2. The van der Waals surface area contributed by atoms with Crippen LogP contribution in [0.5, 0.6) is 0 Å². The van der Waals surface area contributed by atoms with Crippen molar-refractivity contribution in [2.45, 2.75) is 32.0 Å². The van der Waals surface area contributed by atoms with Gasteiger partial charge in [-0.15, -0.1) is 0 Å². The molecule has 5 nitrogen and oxygen atoms in total. The molecule has 2 aromatic carbocycles. The Bertz CT molecular complexity index is 1100. The average Bonchev–Trinajstić information content (AvgIpc) is 2.75. The number of esters is 1. The first-order chi connectivity index (χ1) is 14.7. The fraction of sp³-hybridized carbons (Fsp3) is 0.261. The minimum atomic E-state index is -4.54. The molecular weight excluding hydrogens is 409 g/mol. The smallest absolute Gasteiger partial charge is 0.416 e. The molecule has 3 rings (SSSR count). The third-order valence-electron chi connectivity index (χ3n) is 5.24. The predicted octanol–water partition coefficient (Wildman–Crippen LogP) is 4.54. The lowest BCUT2D eigenvalue weighted by atomic mass is 9.83. The molecule has 0 saturated heterocycles. The van der Waals surface area contributed by atoms with Gasteiger partial charge in [0.2, 0.25) is 5.91 Å². The van der Waals surface area contributed by atoms with E-state index in [0.717, 1.165) is 12.1 Å². The highest BCUT2D eigenvalue weighted by Gasteiger charge is 2.38. The highest BCUT2D eigenvalue weighted by atomic mass is 19.4. The van der Waals surface area contributed by atoms with Gasteiger partial charge in [-0.3, -0.25) is 4.79 Å². The van der Waals surface area contributed by atoms with Crippen LogP contribution >= 0.6 is 0 Å². The number of nitrogens with zero attached hydrogens (tertiary/aromatic N) is 2. The molecule has 0 N–H and O–H groups in total. The molecule has 8 heteroatoms. The summed E-state index contributed by atoms with van der Waals surface area (Å²) in [4.78, 5) is 26.9. The molecule has 0 spiro atoms. The highest BCUT2D eigenvalue weighted by Crippen LogP contribution is 2.39. The number of allylic oxidation sites excluding steroid dienone is 1. The quantitative estimate of drug-likeness (QED) is 0.671. The zero-order valence-corrected chi connectivity index (χ0v) is 16.9. The van der Waals surface area contributed by atoms with E-state index in [1.165, 1.54) is 24.1 Å². The Morgan fingerprint density at radius 3 is 2.58 bits per heavy atom. The van der Waals surface area contributed by atoms with Gasteiger partial charge in [0.1, 0.15) is 0 Å². The maximum atomic E-state index is 13.2. The minimum Gasteiger partial charge on any atom is -0.466 e. The molecule has 0 aromatic heterocycles. The van der Waals surface area contributed by atoms with Crippen LogP contribution in [0, 0.1) is 11.3 Å². The summed E-state index contributed by atoms with van der Waals surface area (Å²) in [6.45, 7) is 1.69. The van der Waals surface area contributed by atoms with Crippen LogP contribution in [-0.4, -0.2) is 23.9 Å². The maximum Gasteiger partial charge on any atom is 0.416 e. The van der Waals surface area contributed by atoms with Crippen LogP contribution in [-0.2, 0) is 27.0 Å². The molecule has 0 radical (unpaired) electrons. The largest absolute Gasteiger partial charge is 0.466 e. The molecule has 160 valence electrons. The van der Waals surface area contributed by atoms with Gasteiger partial charge in [0, 0.05) is 18.0 Å². The van der Waals surface area contributed by atoms with Crippen LogP contribution < -0.4 is 0 Å². The predicted molar refractivity (Wildman–Crippen MR) is 105 cm³/mol. The van der Waals surface area contributed by atoms with Gasteiger partial charge in [-0.05, 0) is 36.2 Å². The molecule has 2 aromatic rings. The lowest BCUT2D eigenvalue weighted by Gasteiger charge is -2.34. The first-order valence-corrected chi connectivity index (χ1v) is 9.41. The Balaban J connectivity index is 2.05. The summed E-state index contributed by atoms with van der Waals surface area (Å²) >= 11 is 0. The van der Waals surface area contributed by atoms with Gasteiger partial charge in [0.05, 0.1) is 36.4 Å². The summed E-state index contributed by atoms with van der Waals surface area (Å²) in [5.74, 6) is -1.90. The number of methoxy groups -OCH3 is 1. The normalized spacial score (nSPS) is 16.8. The summed E-state index contributed by atoms with van der Waals surface area (Å²) in [5.41, 5.74) is 0.932. The second kappa shape index (κ2) is 8.64. The van der Waals surface area contributed by atoms with E-state index < -0.39 is 23.6 Å². The molecule has 1 heterocycles. The van der Waals surface area contributed by atoms with E-state index in [1.54, 1.807) is 31.2 Å². The number of halogens is 3. The average molecular weight is 428 g/mol. The first kappa shape index (κ1) is 22.1. The highest BCUT2D eigenvalue weighted by molar-refractivity contribution is 5.95. The van der Waals surface area contributed by atoms with Gasteiger partial charge in [0.15, 0.2) is 0 Å². The number of hydrogen-bond donors (Lipinski definition) is 0. The van der Waals surface area contributed by atoms with Crippen LogP contribution in [0.4, 0.5) is 13.2 Å². The topological polar surface area (TPSA) is 70.4 Å². The van der Waals surface area contributed by atoms with Crippen molar-refractivity contribution in [2.75, 3.05) is 7.11 Å². The zero-order valence-electron chi connectivity index (χ0n) is 16.9. The molecule has 0 fully saturated rings. The molecule has 0 saturated carbocycles. The van der Waals surface area contributed by atoms with Gasteiger partial charge in [-0.1, -0.05) is 30.3 Å². The van der Waals surface area contributed by atoms with E-state index in [-0.39, 0.29) is 30.0 Å². The van der Waals surface area contributed by atoms with E-state index in [4.69, 9.17) is 10.00 Å². The third kappa shape index (κ3) is 4.61. The fourth-order valence-corrected chi connectivity index (χ4v) is 3.72. The van der Waals surface area contributed by atoms with E-state index in [2.05, 4.69) is 0 Å². The van der Waals surface area contributed by atoms with Crippen LogP contribution in [0.2, 0.25) is 0 Å². The first-order valence-electron chi connectivity index (χ1n) is 9.41. The van der Waals surface area contributed by atoms with Crippen molar-refractivity contribution in [1.82, 2.24) is 4.90 Å². The van der Waals surface area contributed by atoms with Crippen LogP contribution in [0.1, 0.15) is 41.5 Å². The Hall–Kier alpha value is -3.60. The maximum absolute atomic E-state index is 13.2. The van der Waals surface area contributed by atoms with Crippen LogP contribution in [0.15, 0.2) is 59.8 Å². The molecule has 1 amide bonds. The van der Waals surface area contributed by atoms with Crippen molar-refractivity contribution < 1.29 is 27.5 Å². The van der Waals surface area contributed by atoms with Crippen LogP contribution in [0.25, 0.3) is 0 Å². The number of hydrogen-bond acceptors (Lipinski definition) is 4. The molecule has 1 aliphatic heterocycles. The molecular formula is C23H19F3N2O3. The molecule has 1 unspecified atom stereocenters. The zero-order chi connectivity index (χ0) is 22.8. The minimum absolute atomic E-state index is 0.121. The number of alkyl halides is 3. The van der Waals surface area contributed by atoms with E-state index in [1.807, 2.05) is 6.07 Å². The summed E-state index contributed by atoms with van der Waals surface area (Å²) < 4.78 is 44.4. The standard InChI is InChI=1S/C23H19F3N2O3/c1-14-21(22(30)31-2)19(17-7-4-8-18(10-17)23(24,25)26)11-20(29)28(14)13-16-6-3-5-15(9-16)12-27/h3-10,19H,11,13H2,1-2H3. The summed E-state index contributed by atoms with van der Waals surface area (Å²) in [6.07, 6.45) is -4.72. The molecule has 0 bridgehead atoms. The van der Waals surface area contributed by atoms with Crippen molar-refractivity contribution in [3.05, 3.63) is 82.1 Å². The van der Waals surface area contributed by atoms with Gasteiger partial charge >= 0.3 is 12.1 Å². The fourth-order valence-electron chi connectivity index (χ4n) is 3.72. The van der Waals surface area contributed by atoms with E-state index >= 15 is 0 Å². The monoisotopic (exact) mass is 428 g/mol. The van der Waals surface area contributed by atoms with Crippen molar-refractivity contribution >= 4 is 11.9 Å². The van der Waals surface area contributed by atoms with E-state index in [0.29, 0.717) is 16.8 Å². The third-order valence-corrected chi connectivity index (χ3v) is 5.24. The number of nitriles is 1. The van der Waals surface area contributed by atoms with Gasteiger partial charge < -0.3 is 9.64 Å². The van der Waals surface area contributed by atoms with Crippen molar-refractivity contribution in [3.8, 4) is 6.07 Å². The Kier molecular flexibility index (Phi) is 6.16. The number of carbonyl (C=O) groups is 2. The van der Waals surface area contributed by atoms with Gasteiger partial charge in [-0.2, -0.15) is 18.4 Å². The molecule has 31 heavy (non-hydrogen) atoms. The Morgan fingerprint density at radius 1 is 1.23 bits per heavy atom. The second-order valence-electron chi connectivity index (χ2n) is 7.16. The lowest BCUT2D eigenvalue weighted by Crippen LogP contribution is -2.38. The summed E-state index contributed by atoms with van der Waals surface area (Å²) in [7, 11) is 1.18. The van der Waals surface area contributed by atoms with E-state index in [9.17, 15) is 22.8 Å². The molecule has 1 atom stereocenters. The van der Waals surface area contributed by atoms with Crippen molar-refractivity contribution in [1.29, 1.82) is 5.26 Å². The number of amides is 1. The molecule has 0 aliphatic carbocycles. The lowest BCUT2D eigenvalue weighted by molar-refractivity contribution is -0.138. The number of carbonyl (C=O) groups excluding carboxylic acids is 2.